The SMILES string of the molecule is COc1cccnc1C(=O)c1ncccn1. The van der Waals surface area contributed by atoms with Crippen LogP contribution in [0.4, 0.5) is 0 Å². The smallest absolute Gasteiger partial charge is 0.252 e. The zero-order valence-corrected chi connectivity index (χ0v) is 8.62. The third-order valence-electron chi connectivity index (χ3n) is 1.97. The lowest BCUT2D eigenvalue weighted by atomic mass is 10.2. The van der Waals surface area contributed by atoms with Crippen LogP contribution in [0.2, 0.25) is 0 Å². The minimum absolute atomic E-state index is 0.111. The fraction of sp³-hybridized carbons (Fsp3) is 0.0909. The molecule has 2 heterocycles. The molecule has 2 aromatic heterocycles. The number of carbonyl (C=O) groups is 1. The van der Waals surface area contributed by atoms with Gasteiger partial charge in [-0.15, -0.1) is 0 Å². The highest BCUT2D eigenvalue weighted by Gasteiger charge is 2.17. The maximum Gasteiger partial charge on any atom is 0.252 e. The molecule has 0 unspecified atom stereocenters. The number of carbonyl (C=O) groups excluding carboxylic acids is 1. The summed E-state index contributed by atoms with van der Waals surface area (Å²) in [5.41, 5.74) is 0.219. The molecule has 16 heavy (non-hydrogen) atoms. The van der Waals surface area contributed by atoms with Crippen LogP contribution in [0.3, 0.4) is 0 Å². The predicted octanol–water partition coefficient (Wildman–Crippen LogP) is 1.11. The van der Waals surface area contributed by atoms with Crippen molar-refractivity contribution in [3.8, 4) is 5.75 Å². The summed E-state index contributed by atoms with van der Waals surface area (Å²) in [4.78, 5) is 23.7. The van der Waals surface area contributed by atoms with Crippen LogP contribution in [-0.2, 0) is 0 Å². The first-order chi connectivity index (χ1) is 7.83. The van der Waals surface area contributed by atoms with Gasteiger partial charge in [0.15, 0.2) is 5.69 Å². The Morgan fingerprint density at radius 3 is 2.50 bits per heavy atom. The Labute approximate surface area is 92.2 Å². The molecule has 0 radical (unpaired) electrons. The van der Waals surface area contributed by atoms with Crippen LogP contribution in [0, 0.1) is 0 Å². The molecule has 80 valence electrons. The lowest BCUT2D eigenvalue weighted by Crippen LogP contribution is -2.09. The molecular weight excluding hydrogens is 206 g/mol. The first-order valence-corrected chi connectivity index (χ1v) is 4.63. The molecule has 5 nitrogen and oxygen atoms in total. The standard InChI is InChI=1S/C11H9N3O2/c1-16-8-4-2-5-12-9(8)10(15)11-13-6-3-7-14-11/h2-7H,1H3. The molecule has 0 N–H and O–H groups in total. The molecular formula is C11H9N3O2. The Morgan fingerprint density at radius 2 is 1.81 bits per heavy atom. The monoisotopic (exact) mass is 215 g/mol. The van der Waals surface area contributed by atoms with Crippen molar-refractivity contribution in [3.05, 3.63) is 48.3 Å². The predicted molar refractivity (Wildman–Crippen MR) is 56.3 cm³/mol. The molecule has 0 aliphatic heterocycles. The van der Waals surface area contributed by atoms with Crippen molar-refractivity contribution in [1.29, 1.82) is 0 Å². The highest BCUT2D eigenvalue weighted by molar-refractivity contribution is 6.06. The Balaban J connectivity index is 2.42. The van der Waals surface area contributed by atoms with Gasteiger partial charge in [0.1, 0.15) is 5.75 Å². The number of nitrogens with zero attached hydrogens (tertiary/aromatic N) is 3. The van der Waals surface area contributed by atoms with Gasteiger partial charge in [-0.05, 0) is 18.2 Å². The van der Waals surface area contributed by atoms with E-state index in [2.05, 4.69) is 15.0 Å². The molecule has 2 aromatic rings. The van der Waals surface area contributed by atoms with Crippen molar-refractivity contribution >= 4 is 5.78 Å². The first-order valence-electron chi connectivity index (χ1n) is 4.63. The second-order valence-electron chi connectivity index (χ2n) is 2.96. The maximum absolute atomic E-state index is 12.0. The Kier molecular flexibility index (Phi) is 2.86. The average molecular weight is 215 g/mol. The zero-order chi connectivity index (χ0) is 11.4. The van der Waals surface area contributed by atoms with Gasteiger partial charge in [-0.3, -0.25) is 4.79 Å². The second-order valence-corrected chi connectivity index (χ2v) is 2.96. The summed E-state index contributed by atoms with van der Waals surface area (Å²) in [7, 11) is 1.49. The summed E-state index contributed by atoms with van der Waals surface area (Å²) in [5.74, 6) is 0.178. The third-order valence-corrected chi connectivity index (χ3v) is 1.97. The van der Waals surface area contributed by atoms with Crippen LogP contribution >= 0.6 is 0 Å². The third kappa shape index (κ3) is 1.88. The summed E-state index contributed by atoms with van der Waals surface area (Å²) >= 11 is 0. The van der Waals surface area contributed by atoms with Crippen molar-refractivity contribution in [1.82, 2.24) is 15.0 Å². The average Bonchev–Trinajstić information content (AvgIpc) is 2.39. The van der Waals surface area contributed by atoms with E-state index in [9.17, 15) is 4.79 Å². The maximum atomic E-state index is 12.0. The summed E-state index contributed by atoms with van der Waals surface area (Å²) in [6, 6.07) is 5.01. The van der Waals surface area contributed by atoms with Gasteiger partial charge in [-0.1, -0.05) is 0 Å². The van der Waals surface area contributed by atoms with Crippen LogP contribution in [0.5, 0.6) is 5.75 Å². The molecule has 0 saturated carbocycles. The summed E-state index contributed by atoms with van der Waals surface area (Å²) in [5, 5.41) is 0. The fourth-order valence-corrected chi connectivity index (χ4v) is 1.25. The molecule has 0 saturated heterocycles. The van der Waals surface area contributed by atoms with Crippen molar-refractivity contribution in [2.75, 3.05) is 7.11 Å². The van der Waals surface area contributed by atoms with Gasteiger partial charge in [0.25, 0.3) is 5.78 Å². The number of pyridine rings is 1. The largest absolute Gasteiger partial charge is 0.494 e. The lowest BCUT2D eigenvalue weighted by Gasteiger charge is -2.04. The number of aromatic nitrogens is 3. The topological polar surface area (TPSA) is 65.0 Å². The molecule has 0 aromatic carbocycles. The molecule has 0 aliphatic rings. The number of rotatable bonds is 3. The van der Waals surface area contributed by atoms with Gasteiger partial charge in [0, 0.05) is 18.6 Å². The minimum atomic E-state index is -0.349. The molecule has 0 fully saturated rings. The first kappa shape index (κ1) is 10.2. The number of hydrogen-bond acceptors (Lipinski definition) is 5. The van der Waals surface area contributed by atoms with E-state index in [-0.39, 0.29) is 17.3 Å². The van der Waals surface area contributed by atoms with Crippen LogP contribution in [0.15, 0.2) is 36.8 Å². The van der Waals surface area contributed by atoms with E-state index in [4.69, 9.17) is 4.74 Å². The second kappa shape index (κ2) is 4.48. The van der Waals surface area contributed by atoms with Crippen molar-refractivity contribution in [3.63, 3.8) is 0 Å². The van der Waals surface area contributed by atoms with Crippen LogP contribution in [0.25, 0.3) is 0 Å². The van der Waals surface area contributed by atoms with Gasteiger partial charge >= 0.3 is 0 Å². The fourth-order valence-electron chi connectivity index (χ4n) is 1.25. The summed E-state index contributed by atoms with van der Waals surface area (Å²) in [6.45, 7) is 0. The lowest BCUT2D eigenvalue weighted by molar-refractivity contribution is 0.102. The molecule has 0 aliphatic carbocycles. The van der Waals surface area contributed by atoms with E-state index in [0.717, 1.165) is 0 Å². The van der Waals surface area contributed by atoms with Crippen LogP contribution in [0.1, 0.15) is 16.3 Å². The molecule has 0 atom stereocenters. The Bertz CT molecular complexity index is 500. The normalized spacial score (nSPS) is 9.81. The van der Waals surface area contributed by atoms with E-state index in [1.165, 1.54) is 25.7 Å². The quantitative estimate of drug-likeness (QED) is 0.717. The highest BCUT2D eigenvalue weighted by Crippen LogP contribution is 2.16. The number of ketones is 1. The Hall–Kier alpha value is -2.30. The number of hydrogen-bond donors (Lipinski definition) is 0. The minimum Gasteiger partial charge on any atom is -0.494 e. The van der Waals surface area contributed by atoms with Crippen molar-refractivity contribution < 1.29 is 9.53 Å². The summed E-state index contributed by atoms with van der Waals surface area (Å²) < 4.78 is 5.05. The van der Waals surface area contributed by atoms with Crippen LogP contribution in [-0.4, -0.2) is 27.8 Å². The van der Waals surface area contributed by atoms with E-state index in [0.29, 0.717) is 5.75 Å². The van der Waals surface area contributed by atoms with E-state index < -0.39 is 0 Å². The van der Waals surface area contributed by atoms with Gasteiger partial charge in [-0.25, -0.2) is 15.0 Å². The van der Waals surface area contributed by atoms with Gasteiger partial charge < -0.3 is 4.74 Å². The van der Waals surface area contributed by atoms with Gasteiger partial charge in [0.2, 0.25) is 5.82 Å². The molecule has 0 bridgehead atoms. The van der Waals surface area contributed by atoms with E-state index >= 15 is 0 Å². The molecule has 0 spiro atoms. The summed E-state index contributed by atoms with van der Waals surface area (Å²) in [6.07, 6.45) is 4.55. The Morgan fingerprint density at radius 1 is 1.12 bits per heavy atom. The zero-order valence-electron chi connectivity index (χ0n) is 8.62. The highest BCUT2D eigenvalue weighted by atomic mass is 16.5. The number of ether oxygens (including phenoxy) is 1. The van der Waals surface area contributed by atoms with E-state index in [1.807, 2.05) is 0 Å². The van der Waals surface area contributed by atoms with E-state index in [1.54, 1.807) is 18.2 Å². The van der Waals surface area contributed by atoms with Gasteiger partial charge in [-0.2, -0.15) is 0 Å². The molecule has 0 amide bonds. The van der Waals surface area contributed by atoms with Gasteiger partial charge in [0.05, 0.1) is 7.11 Å². The van der Waals surface area contributed by atoms with Crippen LogP contribution < -0.4 is 4.74 Å². The van der Waals surface area contributed by atoms with Crippen molar-refractivity contribution in [2.45, 2.75) is 0 Å². The molecule has 2 rings (SSSR count). The van der Waals surface area contributed by atoms with Crippen molar-refractivity contribution in [2.24, 2.45) is 0 Å². The molecule has 5 heteroatoms. The number of methoxy groups -OCH3 is 1.